The molecule has 2 rings (SSSR count). The molecule has 0 spiro atoms. The molecule has 5 N–H and O–H groups in total. The summed E-state index contributed by atoms with van der Waals surface area (Å²) in [5.74, 6) is -2.00. The van der Waals surface area contributed by atoms with Crippen molar-refractivity contribution in [1.29, 1.82) is 0 Å². The van der Waals surface area contributed by atoms with Crippen molar-refractivity contribution in [3.8, 4) is 0 Å². The van der Waals surface area contributed by atoms with Crippen molar-refractivity contribution in [1.82, 2.24) is 5.32 Å². The van der Waals surface area contributed by atoms with Crippen molar-refractivity contribution >= 4 is 17.8 Å². The lowest BCUT2D eigenvalue weighted by molar-refractivity contribution is -0.156. The summed E-state index contributed by atoms with van der Waals surface area (Å²) in [6.45, 7) is 12.4. The highest BCUT2D eigenvalue weighted by Crippen LogP contribution is 2.39. The third kappa shape index (κ3) is 13.8. The minimum Gasteiger partial charge on any atom is -0.481 e. The Kier molecular flexibility index (Phi) is 16.3. The molecule has 49 heavy (non-hydrogen) atoms. The van der Waals surface area contributed by atoms with Crippen LogP contribution in [0.2, 0.25) is 0 Å². The SMILES string of the molecule is CC[C@H](OC)[C@@H](C)[C@H]1O[C@@H]1C(NC(=O)c1ccccc1)C(C)(O)/C=C/C=C(\C)C[C@@H](C)/C=C/[C@H](OC(C)=O)[C@](C)(O)CC[C@@H](O)CC(=O)O. The molecule has 1 aromatic carbocycles. The summed E-state index contributed by atoms with van der Waals surface area (Å²) in [6, 6.07) is 8.09. The minimum absolute atomic E-state index is 0.0188. The van der Waals surface area contributed by atoms with Crippen LogP contribution >= 0.6 is 0 Å². The Bertz CT molecular complexity index is 1300. The number of carbonyl (C=O) groups is 3. The first-order valence-corrected chi connectivity index (χ1v) is 17.0. The van der Waals surface area contributed by atoms with Crippen LogP contribution in [0.4, 0.5) is 0 Å². The van der Waals surface area contributed by atoms with Crippen LogP contribution in [0.25, 0.3) is 0 Å². The average molecular weight is 688 g/mol. The van der Waals surface area contributed by atoms with Crippen LogP contribution in [0.15, 0.2) is 66.3 Å². The van der Waals surface area contributed by atoms with Gasteiger partial charge >= 0.3 is 11.9 Å². The van der Waals surface area contributed by atoms with Crippen molar-refractivity contribution in [2.45, 2.75) is 128 Å². The van der Waals surface area contributed by atoms with Crippen LogP contribution in [-0.2, 0) is 23.8 Å². The molecule has 1 heterocycles. The number of esters is 1. The second-order valence-electron chi connectivity index (χ2n) is 13.8. The van der Waals surface area contributed by atoms with Crippen LogP contribution < -0.4 is 5.32 Å². The Balaban J connectivity index is 2.15. The fraction of sp³-hybridized carbons (Fsp3) is 0.605. The smallest absolute Gasteiger partial charge is 0.305 e. The number of aliphatic carboxylic acids is 1. The second kappa shape index (κ2) is 19.2. The summed E-state index contributed by atoms with van der Waals surface area (Å²) in [5.41, 5.74) is -1.52. The zero-order chi connectivity index (χ0) is 36.9. The van der Waals surface area contributed by atoms with Crippen molar-refractivity contribution in [3.63, 3.8) is 0 Å². The molecule has 10 atom stereocenters. The van der Waals surface area contributed by atoms with Gasteiger partial charge in [0, 0.05) is 25.5 Å². The van der Waals surface area contributed by atoms with Crippen LogP contribution in [0.5, 0.6) is 0 Å². The molecule has 0 saturated carbocycles. The molecule has 2 unspecified atom stereocenters. The number of carboxylic acids is 1. The average Bonchev–Trinajstić information content (AvgIpc) is 3.81. The molecule has 1 aliphatic heterocycles. The number of hydrogen-bond acceptors (Lipinski definition) is 9. The van der Waals surface area contributed by atoms with Gasteiger partial charge in [0.2, 0.25) is 0 Å². The largest absolute Gasteiger partial charge is 0.481 e. The predicted molar refractivity (Wildman–Crippen MR) is 187 cm³/mol. The van der Waals surface area contributed by atoms with Gasteiger partial charge in [-0.05, 0) is 70.6 Å². The van der Waals surface area contributed by atoms with E-state index in [1.807, 2.05) is 45.9 Å². The van der Waals surface area contributed by atoms with Gasteiger partial charge in [-0.2, -0.15) is 0 Å². The molecule has 0 aromatic heterocycles. The first kappa shape index (κ1) is 41.8. The van der Waals surface area contributed by atoms with Crippen molar-refractivity contribution in [3.05, 3.63) is 71.8 Å². The minimum atomic E-state index is -1.53. The van der Waals surface area contributed by atoms with E-state index >= 15 is 0 Å². The van der Waals surface area contributed by atoms with Crippen LogP contribution in [0.1, 0.15) is 90.9 Å². The highest BCUT2D eigenvalue weighted by atomic mass is 16.6. The number of aliphatic hydroxyl groups is 3. The third-order valence-electron chi connectivity index (χ3n) is 9.02. The Morgan fingerprint density at radius 3 is 2.27 bits per heavy atom. The number of methoxy groups -OCH3 is 1. The van der Waals surface area contributed by atoms with Crippen molar-refractivity contribution in [2.24, 2.45) is 11.8 Å². The summed E-state index contributed by atoms with van der Waals surface area (Å²) >= 11 is 0. The molecule has 1 aliphatic rings. The monoisotopic (exact) mass is 687 g/mol. The van der Waals surface area contributed by atoms with Gasteiger partial charge < -0.3 is 40.0 Å². The Hall–Kier alpha value is -3.35. The summed E-state index contributed by atoms with van der Waals surface area (Å²) in [6.07, 6.45) is 7.00. The number of benzene rings is 1. The van der Waals surface area contributed by atoms with E-state index in [0.29, 0.717) is 12.0 Å². The molecule has 1 aromatic rings. The number of epoxide rings is 1. The summed E-state index contributed by atoms with van der Waals surface area (Å²) in [5, 5.41) is 44.5. The lowest BCUT2D eigenvalue weighted by atomic mass is 9.87. The lowest BCUT2D eigenvalue weighted by Crippen LogP contribution is -2.54. The first-order chi connectivity index (χ1) is 22.9. The maximum Gasteiger partial charge on any atom is 0.305 e. The van der Waals surface area contributed by atoms with E-state index < -0.39 is 53.9 Å². The molecule has 11 nitrogen and oxygen atoms in total. The van der Waals surface area contributed by atoms with Gasteiger partial charge in [0.1, 0.15) is 23.4 Å². The third-order valence-corrected chi connectivity index (χ3v) is 9.02. The molecule has 0 bridgehead atoms. The van der Waals surface area contributed by atoms with E-state index in [1.54, 1.807) is 56.5 Å². The molecule has 1 amide bonds. The highest BCUT2D eigenvalue weighted by molar-refractivity contribution is 5.94. The van der Waals surface area contributed by atoms with Gasteiger partial charge in [-0.15, -0.1) is 0 Å². The van der Waals surface area contributed by atoms with E-state index in [2.05, 4.69) is 5.32 Å². The maximum absolute atomic E-state index is 13.2. The highest BCUT2D eigenvalue weighted by Gasteiger charge is 2.54. The number of carboxylic acid groups (broad SMARTS) is 1. The standard InChI is InChI=1S/C38H57NO10/c1-9-30(47-8)26(4)33-34(49-33)35(39-36(44)28-15-11-10-12-16-28)38(7,46)20-13-14-24(2)22-25(3)17-18-31(48-27(5)40)37(6,45)21-19-29(41)23-32(42)43/h10-18,20,25-26,29-31,33-35,41,45-46H,9,19,21-23H2,1-8H3,(H,39,44)(H,42,43)/b18-17+,20-13+,24-14+/t25-,26+,29+,30-,31-,33+,34-,35?,37+,38?/m0/s1. The molecule has 11 heteroatoms. The van der Waals surface area contributed by atoms with Gasteiger partial charge in [-0.25, -0.2) is 0 Å². The molecule has 274 valence electrons. The molecular weight excluding hydrogens is 630 g/mol. The van der Waals surface area contributed by atoms with Crippen LogP contribution in [0.3, 0.4) is 0 Å². The van der Waals surface area contributed by atoms with Crippen molar-refractivity contribution in [2.75, 3.05) is 7.11 Å². The van der Waals surface area contributed by atoms with Gasteiger partial charge in [0.25, 0.3) is 5.91 Å². The zero-order valence-electron chi connectivity index (χ0n) is 30.2. The summed E-state index contributed by atoms with van der Waals surface area (Å²) in [7, 11) is 1.67. The number of ether oxygens (including phenoxy) is 3. The first-order valence-electron chi connectivity index (χ1n) is 17.0. The van der Waals surface area contributed by atoms with Gasteiger partial charge in [0.15, 0.2) is 0 Å². The van der Waals surface area contributed by atoms with E-state index in [4.69, 9.17) is 19.3 Å². The number of rotatable bonds is 21. The zero-order valence-corrected chi connectivity index (χ0v) is 30.2. The second-order valence-corrected chi connectivity index (χ2v) is 13.8. The summed E-state index contributed by atoms with van der Waals surface area (Å²) in [4.78, 5) is 35.8. The Morgan fingerprint density at radius 1 is 1.04 bits per heavy atom. The topological polar surface area (TPSA) is 175 Å². The number of amides is 1. The predicted octanol–water partition coefficient (Wildman–Crippen LogP) is 4.75. The van der Waals surface area contributed by atoms with E-state index in [1.165, 1.54) is 13.8 Å². The molecule has 1 saturated heterocycles. The quantitative estimate of drug-likeness (QED) is 0.0525. The van der Waals surface area contributed by atoms with Gasteiger partial charge in [-0.3, -0.25) is 14.4 Å². The number of allylic oxidation sites excluding steroid dienone is 4. The number of hydrogen-bond donors (Lipinski definition) is 5. The Morgan fingerprint density at radius 2 is 1.69 bits per heavy atom. The number of aliphatic hydroxyl groups excluding tert-OH is 1. The molecule has 0 radical (unpaired) electrons. The normalized spacial score (nSPS) is 22.7. The van der Waals surface area contributed by atoms with E-state index in [-0.39, 0.29) is 42.8 Å². The van der Waals surface area contributed by atoms with Crippen LogP contribution in [-0.4, -0.2) is 93.1 Å². The van der Waals surface area contributed by atoms with E-state index in [9.17, 15) is 29.7 Å². The number of nitrogens with one attached hydrogen (secondary N) is 1. The van der Waals surface area contributed by atoms with E-state index in [0.717, 1.165) is 12.0 Å². The number of carbonyl (C=O) groups excluding carboxylic acids is 2. The van der Waals surface area contributed by atoms with Gasteiger partial charge in [-0.1, -0.05) is 68.8 Å². The lowest BCUT2D eigenvalue weighted by Gasteiger charge is -2.31. The fourth-order valence-electron chi connectivity index (χ4n) is 6.07. The molecular formula is C38H57NO10. The molecule has 0 aliphatic carbocycles. The Labute approximate surface area is 291 Å². The molecule has 1 fully saturated rings. The summed E-state index contributed by atoms with van der Waals surface area (Å²) < 4.78 is 17.1. The van der Waals surface area contributed by atoms with Gasteiger partial charge in [0.05, 0.1) is 30.8 Å². The fourth-order valence-corrected chi connectivity index (χ4v) is 6.07. The van der Waals surface area contributed by atoms with Crippen molar-refractivity contribution < 1.29 is 49.0 Å². The van der Waals surface area contributed by atoms with Crippen LogP contribution in [0, 0.1) is 11.8 Å². The maximum atomic E-state index is 13.2.